The zero-order chi connectivity index (χ0) is 24.5. The van der Waals surface area contributed by atoms with Crippen LogP contribution in [0.1, 0.15) is 45.4 Å². The van der Waals surface area contributed by atoms with Crippen molar-refractivity contribution in [3.63, 3.8) is 0 Å². The fourth-order valence-electron chi connectivity index (χ4n) is 3.58. The van der Waals surface area contributed by atoms with Crippen molar-refractivity contribution in [2.75, 3.05) is 20.2 Å². The van der Waals surface area contributed by atoms with Crippen molar-refractivity contribution in [2.45, 2.75) is 39.8 Å². The molecule has 0 aliphatic rings. The van der Waals surface area contributed by atoms with Crippen molar-refractivity contribution in [2.24, 2.45) is 0 Å². The SMILES string of the molecule is CCCCN(CC(=O)N(Cc1ccc(F)cc1)Cc1ccc(C)s1)C(=O)c1ccc(OC)cc1. The van der Waals surface area contributed by atoms with Gasteiger partial charge in [0.2, 0.25) is 5.91 Å². The van der Waals surface area contributed by atoms with Gasteiger partial charge in [0.15, 0.2) is 0 Å². The molecule has 0 spiro atoms. The predicted molar refractivity (Wildman–Crippen MR) is 134 cm³/mol. The number of unbranched alkanes of at least 4 members (excludes halogenated alkanes) is 1. The molecule has 0 atom stereocenters. The average molecular weight is 483 g/mol. The molecule has 1 aromatic heterocycles. The number of hydrogen-bond donors (Lipinski definition) is 0. The summed E-state index contributed by atoms with van der Waals surface area (Å²) < 4.78 is 18.6. The van der Waals surface area contributed by atoms with E-state index >= 15 is 0 Å². The second-order valence-corrected chi connectivity index (χ2v) is 9.57. The van der Waals surface area contributed by atoms with Gasteiger partial charge in [0.1, 0.15) is 18.1 Å². The molecule has 0 radical (unpaired) electrons. The lowest BCUT2D eigenvalue weighted by Gasteiger charge is -2.28. The quantitative estimate of drug-likeness (QED) is 0.354. The fraction of sp³-hybridized carbons (Fsp3) is 0.333. The van der Waals surface area contributed by atoms with Gasteiger partial charge in [-0.15, -0.1) is 11.3 Å². The third-order valence-corrected chi connectivity index (χ3v) is 6.50. The first-order valence-electron chi connectivity index (χ1n) is 11.4. The molecule has 7 heteroatoms. The maximum absolute atomic E-state index is 13.5. The van der Waals surface area contributed by atoms with Crippen molar-refractivity contribution in [1.82, 2.24) is 9.80 Å². The maximum atomic E-state index is 13.5. The molecular weight excluding hydrogens is 451 g/mol. The number of methoxy groups -OCH3 is 1. The van der Waals surface area contributed by atoms with Gasteiger partial charge >= 0.3 is 0 Å². The molecule has 0 saturated heterocycles. The van der Waals surface area contributed by atoms with Crippen molar-refractivity contribution >= 4 is 23.2 Å². The van der Waals surface area contributed by atoms with E-state index < -0.39 is 0 Å². The number of thiophene rings is 1. The van der Waals surface area contributed by atoms with E-state index in [1.165, 1.54) is 17.0 Å². The third kappa shape index (κ3) is 7.15. The highest BCUT2D eigenvalue weighted by molar-refractivity contribution is 7.11. The largest absolute Gasteiger partial charge is 0.497 e. The number of rotatable bonds is 11. The van der Waals surface area contributed by atoms with E-state index in [-0.39, 0.29) is 24.2 Å². The van der Waals surface area contributed by atoms with Crippen molar-refractivity contribution in [3.8, 4) is 5.75 Å². The smallest absolute Gasteiger partial charge is 0.254 e. The molecule has 3 rings (SSSR count). The summed E-state index contributed by atoms with van der Waals surface area (Å²) in [7, 11) is 1.58. The Kier molecular flexibility index (Phi) is 9.22. The summed E-state index contributed by atoms with van der Waals surface area (Å²) in [5, 5.41) is 0. The Balaban J connectivity index is 1.80. The number of hydrogen-bond acceptors (Lipinski definition) is 4. The van der Waals surface area contributed by atoms with Gasteiger partial charge in [-0.05, 0) is 67.4 Å². The van der Waals surface area contributed by atoms with Crippen LogP contribution in [0.5, 0.6) is 5.75 Å². The Morgan fingerprint density at radius 3 is 2.24 bits per heavy atom. The summed E-state index contributed by atoms with van der Waals surface area (Å²) in [6, 6.07) is 17.1. The number of nitrogens with zero attached hydrogens (tertiary/aromatic N) is 2. The maximum Gasteiger partial charge on any atom is 0.254 e. The Hall–Kier alpha value is -3.19. The second kappa shape index (κ2) is 12.3. The van der Waals surface area contributed by atoms with Gasteiger partial charge in [-0.25, -0.2) is 4.39 Å². The summed E-state index contributed by atoms with van der Waals surface area (Å²) in [5.41, 5.74) is 1.35. The number of benzene rings is 2. The number of carbonyl (C=O) groups is 2. The van der Waals surface area contributed by atoms with Crippen LogP contribution in [0.4, 0.5) is 4.39 Å². The van der Waals surface area contributed by atoms with Gasteiger partial charge in [0, 0.05) is 28.4 Å². The first-order chi connectivity index (χ1) is 16.4. The Bertz CT molecular complexity index is 1080. The lowest BCUT2D eigenvalue weighted by molar-refractivity contribution is -0.133. The summed E-state index contributed by atoms with van der Waals surface area (Å²) in [6.07, 6.45) is 1.71. The molecule has 0 unspecified atom stereocenters. The van der Waals surface area contributed by atoms with E-state index in [0.29, 0.717) is 30.9 Å². The van der Waals surface area contributed by atoms with Gasteiger partial charge in [-0.3, -0.25) is 9.59 Å². The Labute approximate surface area is 204 Å². The number of aryl methyl sites for hydroxylation is 1. The molecule has 34 heavy (non-hydrogen) atoms. The van der Waals surface area contributed by atoms with Crippen LogP contribution < -0.4 is 4.74 Å². The number of halogens is 1. The standard InChI is InChI=1S/C27H31FN2O3S/c1-4-5-16-29(27(32)22-9-13-24(33-3)14-10-22)19-26(31)30(18-25-15-6-20(2)34-25)17-21-7-11-23(28)12-8-21/h6-15H,4-5,16-19H2,1-3H3. The number of carbonyl (C=O) groups excluding carboxylic acids is 2. The molecule has 0 N–H and O–H groups in total. The molecule has 0 bridgehead atoms. The van der Waals surface area contributed by atoms with Crippen LogP contribution in [0.15, 0.2) is 60.7 Å². The molecule has 2 amide bonds. The third-order valence-electron chi connectivity index (χ3n) is 5.51. The first kappa shape index (κ1) is 25.4. The summed E-state index contributed by atoms with van der Waals surface area (Å²) in [4.78, 5) is 32.3. The molecule has 5 nitrogen and oxygen atoms in total. The second-order valence-electron chi connectivity index (χ2n) is 8.20. The molecule has 1 heterocycles. The van der Waals surface area contributed by atoms with E-state index in [0.717, 1.165) is 23.3 Å². The van der Waals surface area contributed by atoms with Crippen LogP contribution in [0.25, 0.3) is 0 Å². The minimum absolute atomic E-state index is 0.0174. The summed E-state index contributed by atoms with van der Waals surface area (Å²) in [6.45, 7) is 5.34. The highest BCUT2D eigenvalue weighted by atomic mass is 32.1. The highest BCUT2D eigenvalue weighted by Crippen LogP contribution is 2.20. The van der Waals surface area contributed by atoms with Gasteiger partial charge in [-0.1, -0.05) is 25.5 Å². The van der Waals surface area contributed by atoms with Gasteiger partial charge in [0.25, 0.3) is 5.91 Å². The summed E-state index contributed by atoms with van der Waals surface area (Å²) in [5.74, 6) is 0.0299. The van der Waals surface area contributed by atoms with Crippen LogP contribution in [0.2, 0.25) is 0 Å². The normalized spacial score (nSPS) is 10.7. The highest BCUT2D eigenvalue weighted by Gasteiger charge is 2.23. The van der Waals surface area contributed by atoms with E-state index in [9.17, 15) is 14.0 Å². The zero-order valence-corrected chi connectivity index (χ0v) is 20.7. The predicted octanol–water partition coefficient (Wildman–Crippen LogP) is 5.68. The van der Waals surface area contributed by atoms with Crippen molar-refractivity contribution < 1.29 is 18.7 Å². The minimum atomic E-state index is -0.314. The van der Waals surface area contributed by atoms with Crippen LogP contribution in [-0.2, 0) is 17.9 Å². The van der Waals surface area contributed by atoms with E-state index in [1.54, 1.807) is 64.6 Å². The molecule has 0 fully saturated rings. The van der Waals surface area contributed by atoms with Crippen LogP contribution >= 0.6 is 11.3 Å². The van der Waals surface area contributed by atoms with Gasteiger partial charge in [-0.2, -0.15) is 0 Å². The molecule has 0 saturated carbocycles. The molecule has 0 aliphatic heterocycles. The van der Waals surface area contributed by atoms with E-state index in [1.807, 2.05) is 19.1 Å². The molecule has 3 aromatic rings. The van der Waals surface area contributed by atoms with Crippen molar-refractivity contribution in [1.29, 1.82) is 0 Å². The van der Waals surface area contributed by atoms with Crippen LogP contribution in [-0.4, -0.2) is 41.8 Å². The molecule has 2 aromatic carbocycles. The molecule has 180 valence electrons. The number of amides is 2. The lowest BCUT2D eigenvalue weighted by Crippen LogP contribution is -2.42. The monoisotopic (exact) mass is 482 g/mol. The van der Waals surface area contributed by atoms with Crippen LogP contribution in [0, 0.1) is 12.7 Å². The van der Waals surface area contributed by atoms with Gasteiger partial charge in [0.05, 0.1) is 13.7 Å². The Morgan fingerprint density at radius 1 is 0.941 bits per heavy atom. The zero-order valence-electron chi connectivity index (χ0n) is 19.9. The molecular formula is C27H31FN2O3S. The van der Waals surface area contributed by atoms with Crippen molar-refractivity contribution in [3.05, 3.63) is 87.4 Å². The number of ether oxygens (including phenoxy) is 1. The average Bonchev–Trinajstić information content (AvgIpc) is 3.26. The lowest BCUT2D eigenvalue weighted by atomic mass is 10.1. The fourth-order valence-corrected chi connectivity index (χ4v) is 4.49. The topological polar surface area (TPSA) is 49.9 Å². The Morgan fingerprint density at radius 2 is 1.65 bits per heavy atom. The van der Waals surface area contributed by atoms with E-state index in [2.05, 4.69) is 6.92 Å². The van der Waals surface area contributed by atoms with Crippen LogP contribution in [0.3, 0.4) is 0 Å². The minimum Gasteiger partial charge on any atom is -0.497 e. The van der Waals surface area contributed by atoms with Gasteiger partial charge < -0.3 is 14.5 Å². The van der Waals surface area contributed by atoms with E-state index in [4.69, 9.17) is 4.74 Å². The summed E-state index contributed by atoms with van der Waals surface area (Å²) >= 11 is 1.64. The molecule has 0 aliphatic carbocycles. The first-order valence-corrected chi connectivity index (χ1v) is 12.2.